The summed E-state index contributed by atoms with van der Waals surface area (Å²) in [6.45, 7) is 1.56. The van der Waals surface area contributed by atoms with Crippen LogP contribution in [-0.2, 0) is 9.47 Å². The Balaban J connectivity index is 2.53. The molecule has 1 rings (SSSR count). The predicted octanol–water partition coefficient (Wildman–Crippen LogP) is -0.883. The number of hydrogen-bond donors (Lipinski definition) is 4. The SMILES string of the molecule is CCCC=COC1O[C@H](CO)[C@@H](O)[C@H](O)[C@@H]1O. The molecule has 0 aromatic carbocycles. The van der Waals surface area contributed by atoms with Gasteiger partial charge in [0, 0.05) is 0 Å². The first kappa shape index (κ1) is 14.4. The lowest BCUT2D eigenvalue weighted by Crippen LogP contribution is -2.58. The van der Waals surface area contributed by atoms with E-state index in [9.17, 15) is 15.3 Å². The highest BCUT2D eigenvalue weighted by molar-refractivity contribution is 4.89. The van der Waals surface area contributed by atoms with Crippen LogP contribution in [0, 0.1) is 0 Å². The fraction of sp³-hybridized carbons (Fsp3) is 0.818. The molecule has 0 bridgehead atoms. The summed E-state index contributed by atoms with van der Waals surface area (Å²) >= 11 is 0. The van der Waals surface area contributed by atoms with Crippen molar-refractivity contribution >= 4 is 0 Å². The van der Waals surface area contributed by atoms with Crippen LogP contribution < -0.4 is 0 Å². The number of aliphatic hydroxyl groups excluding tert-OH is 4. The van der Waals surface area contributed by atoms with Crippen molar-refractivity contribution in [2.75, 3.05) is 6.61 Å². The molecule has 0 aromatic heterocycles. The Labute approximate surface area is 100 Å². The van der Waals surface area contributed by atoms with E-state index in [2.05, 4.69) is 0 Å². The monoisotopic (exact) mass is 248 g/mol. The summed E-state index contributed by atoms with van der Waals surface area (Å²) < 4.78 is 10.2. The number of unbranched alkanes of at least 4 members (excludes halogenated alkanes) is 1. The minimum atomic E-state index is -1.40. The van der Waals surface area contributed by atoms with Crippen molar-refractivity contribution in [2.24, 2.45) is 0 Å². The second kappa shape index (κ2) is 6.93. The van der Waals surface area contributed by atoms with Crippen molar-refractivity contribution < 1.29 is 29.9 Å². The molecule has 0 saturated carbocycles. The number of rotatable bonds is 5. The van der Waals surface area contributed by atoms with Crippen molar-refractivity contribution in [3.05, 3.63) is 12.3 Å². The Bertz CT molecular complexity index is 242. The third kappa shape index (κ3) is 3.65. The van der Waals surface area contributed by atoms with Gasteiger partial charge in [0.05, 0.1) is 12.9 Å². The van der Waals surface area contributed by atoms with Crippen LogP contribution in [0.1, 0.15) is 19.8 Å². The molecular formula is C11H20O6. The molecule has 1 aliphatic heterocycles. The maximum Gasteiger partial charge on any atom is 0.228 e. The van der Waals surface area contributed by atoms with Crippen LogP contribution in [0.3, 0.4) is 0 Å². The van der Waals surface area contributed by atoms with Gasteiger partial charge in [-0.2, -0.15) is 0 Å². The van der Waals surface area contributed by atoms with Gasteiger partial charge in [0.2, 0.25) is 6.29 Å². The molecule has 0 spiro atoms. The molecule has 1 heterocycles. The lowest BCUT2D eigenvalue weighted by atomic mass is 9.99. The van der Waals surface area contributed by atoms with Crippen molar-refractivity contribution in [3.63, 3.8) is 0 Å². The molecule has 6 heteroatoms. The predicted molar refractivity (Wildman–Crippen MR) is 58.9 cm³/mol. The van der Waals surface area contributed by atoms with Crippen LogP contribution in [0.4, 0.5) is 0 Å². The van der Waals surface area contributed by atoms with E-state index >= 15 is 0 Å². The van der Waals surface area contributed by atoms with Gasteiger partial charge >= 0.3 is 0 Å². The highest BCUT2D eigenvalue weighted by atomic mass is 16.7. The molecule has 17 heavy (non-hydrogen) atoms. The summed E-state index contributed by atoms with van der Waals surface area (Å²) in [5.41, 5.74) is 0. The summed E-state index contributed by atoms with van der Waals surface area (Å²) in [5.74, 6) is 0. The minimum Gasteiger partial charge on any atom is -0.470 e. The lowest BCUT2D eigenvalue weighted by molar-refractivity contribution is -0.287. The zero-order chi connectivity index (χ0) is 12.8. The van der Waals surface area contributed by atoms with Crippen LogP contribution in [0.15, 0.2) is 12.3 Å². The molecule has 0 radical (unpaired) electrons. The first-order valence-electron chi connectivity index (χ1n) is 5.72. The van der Waals surface area contributed by atoms with Gasteiger partial charge in [0.1, 0.15) is 24.4 Å². The first-order valence-corrected chi connectivity index (χ1v) is 5.72. The molecule has 1 unspecified atom stereocenters. The fourth-order valence-electron chi connectivity index (χ4n) is 1.55. The van der Waals surface area contributed by atoms with Gasteiger partial charge in [-0.05, 0) is 12.5 Å². The maximum absolute atomic E-state index is 9.60. The number of allylic oxidation sites excluding steroid dienone is 1. The summed E-state index contributed by atoms with van der Waals surface area (Å²) in [4.78, 5) is 0. The van der Waals surface area contributed by atoms with E-state index in [1.807, 2.05) is 6.92 Å². The Morgan fingerprint density at radius 2 is 1.88 bits per heavy atom. The topological polar surface area (TPSA) is 99.4 Å². The molecular weight excluding hydrogens is 228 g/mol. The second-order valence-corrected chi connectivity index (χ2v) is 3.99. The van der Waals surface area contributed by atoms with E-state index in [1.165, 1.54) is 6.26 Å². The smallest absolute Gasteiger partial charge is 0.228 e. The van der Waals surface area contributed by atoms with Crippen molar-refractivity contribution in [1.82, 2.24) is 0 Å². The van der Waals surface area contributed by atoms with Gasteiger partial charge in [0.15, 0.2) is 0 Å². The standard InChI is InChI=1S/C11H20O6/c1-2-3-4-5-16-11-10(15)9(14)8(13)7(6-12)17-11/h4-5,7-15H,2-3,6H2,1H3/t7-,8-,9+,10+,11?/m1/s1. The van der Waals surface area contributed by atoms with Crippen LogP contribution in [0.5, 0.6) is 0 Å². The second-order valence-electron chi connectivity index (χ2n) is 3.99. The van der Waals surface area contributed by atoms with Gasteiger partial charge < -0.3 is 29.9 Å². The molecule has 1 fully saturated rings. The number of hydrogen-bond acceptors (Lipinski definition) is 6. The third-order valence-corrected chi connectivity index (χ3v) is 2.61. The summed E-state index contributed by atoms with van der Waals surface area (Å²) in [7, 11) is 0. The Kier molecular flexibility index (Phi) is 5.87. The fourth-order valence-corrected chi connectivity index (χ4v) is 1.55. The number of ether oxygens (including phenoxy) is 2. The zero-order valence-corrected chi connectivity index (χ0v) is 9.77. The average Bonchev–Trinajstić information content (AvgIpc) is 2.34. The number of aliphatic hydroxyl groups is 4. The molecule has 4 N–H and O–H groups in total. The van der Waals surface area contributed by atoms with Gasteiger partial charge in [0.25, 0.3) is 0 Å². The van der Waals surface area contributed by atoms with Crippen LogP contribution in [0.25, 0.3) is 0 Å². The molecule has 6 nitrogen and oxygen atoms in total. The average molecular weight is 248 g/mol. The van der Waals surface area contributed by atoms with Crippen LogP contribution in [-0.4, -0.2) is 57.7 Å². The van der Waals surface area contributed by atoms with Gasteiger partial charge in [-0.1, -0.05) is 13.3 Å². The van der Waals surface area contributed by atoms with E-state index < -0.39 is 37.3 Å². The molecule has 1 aliphatic rings. The van der Waals surface area contributed by atoms with E-state index in [0.29, 0.717) is 0 Å². The molecule has 5 atom stereocenters. The Morgan fingerprint density at radius 3 is 2.47 bits per heavy atom. The van der Waals surface area contributed by atoms with Crippen molar-refractivity contribution in [3.8, 4) is 0 Å². The summed E-state index contributed by atoms with van der Waals surface area (Å²) in [5, 5.41) is 37.5. The van der Waals surface area contributed by atoms with E-state index in [4.69, 9.17) is 14.6 Å². The van der Waals surface area contributed by atoms with E-state index in [-0.39, 0.29) is 0 Å². The van der Waals surface area contributed by atoms with Gasteiger partial charge in [-0.25, -0.2) is 0 Å². The zero-order valence-electron chi connectivity index (χ0n) is 9.77. The molecule has 1 saturated heterocycles. The summed E-state index contributed by atoms with van der Waals surface area (Å²) in [6, 6.07) is 0. The molecule has 100 valence electrons. The van der Waals surface area contributed by atoms with Gasteiger partial charge in [-0.3, -0.25) is 0 Å². The van der Waals surface area contributed by atoms with E-state index in [0.717, 1.165) is 12.8 Å². The maximum atomic E-state index is 9.60. The molecule has 0 aromatic rings. The quantitative estimate of drug-likeness (QED) is 0.471. The highest BCUT2D eigenvalue weighted by Crippen LogP contribution is 2.22. The van der Waals surface area contributed by atoms with Crippen LogP contribution in [0.2, 0.25) is 0 Å². The normalized spacial score (nSPS) is 38.5. The highest BCUT2D eigenvalue weighted by Gasteiger charge is 2.44. The van der Waals surface area contributed by atoms with Crippen molar-refractivity contribution in [1.29, 1.82) is 0 Å². The largest absolute Gasteiger partial charge is 0.470 e. The minimum absolute atomic E-state index is 0.455. The van der Waals surface area contributed by atoms with Gasteiger partial charge in [-0.15, -0.1) is 0 Å². The lowest BCUT2D eigenvalue weighted by Gasteiger charge is -2.39. The van der Waals surface area contributed by atoms with Crippen LogP contribution >= 0.6 is 0 Å². The Morgan fingerprint density at radius 1 is 1.18 bits per heavy atom. The third-order valence-electron chi connectivity index (χ3n) is 2.61. The van der Waals surface area contributed by atoms with Crippen molar-refractivity contribution in [2.45, 2.75) is 50.5 Å². The summed E-state index contributed by atoms with van der Waals surface area (Å²) in [6.07, 6.45) is -1.17. The van der Waals surface area contributed by atoms with E-state index in [1.54, 1.807) is 6.08 Å². The Hall–Kier alpha value is -0.660. The molecule has 0 amide bonds. The first-order chi connectivity index (χ1) is 8.11. The molecule has 0 aliphatic carbocycles.